The molecule has 0 aliphatic carbocycles. The summed E-state index contributed by atoms with van der Waals surface area (Å²) in [6.07, 6.45) is -6.19. The number of carbonyl (C=O) groups is 2. The van der Waals surface area contributed by atoms with Crippen LogP contribution in [-0.4, -0.2) is 33.2 Å². The van der Waals surface area contributed by atoms with Crippen LogP contribution in [0.15, 0.2) is 60.7 Å². The van der Waals surface area contributed by atoms with Crippen molar-refractivity contribution < 1.29 is 41.7 Å². The van der Waals surface area contributed by atoms with Gasteiger partial charge in [-0.15, -0.1) is 0 Å². The first-order valence-corrected chi connectivity index (χ1v) is 10.7. The second kappa shape index (κ2) is 11.2. The summed E-state index contributed by atoms with van der Waals surface area (Å²) in [4.78, 5) is 26.3. The third-order valence-electron chi connectivity index (χ3n) is 5.04. The van der Waals surface area contributed by atoms with E-state index in [1.165, 1.54) is 45.6 Å². The molecule has 0 saturated carbocycles. The average molecular weight is 524 g/mol. The standard InChI is InChI=1S/C25H21ClF3NO6/c1-33-19-13-21(35-3)20(34-2)12-16(19)24(32)36-22(14-7-5-4-6-8-14)23(31)30-18-11-15(25(27,28)29)9-10-17(18)26/h4-13,22H,1-3H3,(H,30,31)/t22-/m1/s1. The molecule has 0 saturated heterocycles. The van der Waals surface area contributed by atoms with Gasteiger partial charge in [0.15, 0.2) is 11.5 Å². The molecule has 11 heteroatoms. The van der Waals surface area contributed by atoms with E-state index in [0.29, 0.717) is 11.8 Å². The molecule has 0 bridgehead atoms. The summed E-state index contributed by atoms with van der Waals surface area (Å²) in [5.74, 6) is -1.28. The number of esters is 1. The highest BCUT2D eigenvalue weighted by Gasteiger charge is 2.32. The van der Waals surface area contributed by atoms with Crippen LogP contribution in [0.1, 0.15) is 27.6 Å². The number of amides is 1. The summed E-state index contributed by atoms with van der Waals surface area (Å²) in [5.41, 5.74) is -1.10. The number of methoxy groups -OCH3 is 3. The Hall–Kier alpha value is -3.92. The van der Waals surface area contributed by atoms with E-state index in [-0.39, 0.29) is 33.3 Å². The summed E-state index contributed by atoms with van der Waals surface area (Å²) < 4.78 is 60.6. The fourth-order valence-corrected chi connectivity index (χ4v) is 3.42. The van der Waals surface area contributed by atoms with Gasteiger partial charge in [-0.1, -0.05) is 41.9 Å². The van der Waals surface area contributed by atoms with E-state index in [0.717, 1.165) is 12.1 Å². The first kappa shape index (κ1) is 26.7. The van der Waals surface area contributed by atoms with Gasteiger partial charge >= 0.3 is 12.1 Å². The van der Waals surface area contributed by atoms with Gasteiger partial charge in [-0.25, -0.2) is 4.79 Å². The number of carbonyl (C=O) groups excluding carboxylic acids is 2. The van der Waals surface area contributed by atoms with Crippen molar-refractivity contribution in [1.29, 1.82) is 0 Å². The van der Waals surface area contributed by atoms with Crippen molar-refractivity contribution in [1.82, 2.24) is 0 Å². The van der Waals surface area contributed by atoms with Gasteiger partial charge in [0, 0.05) is 17.7 Å². The van der Waals surface area contributed by atoms with Gasteiger partial charge in [-0.2, -0.15) is 13.2 Å². The minimum absolute atomic E-state index is 0.0685. The SMILES string of the molecule is COc1cc(OC)c(C(=O)O[C@@H](C(=O)Nc2cc(C(F)(F)F)ccc2Cl)c2ccccc2)cc1OC. The highest BCUT2D eigenvalue weighted by Crippen LogP contribution is 2.37. The van der Waals surface area contributed by atoms with Crippen LogP contribution in [0.25, 0.3) is 0 Å². The minimum atomic E-state index is -4.65. The summed E-state index contributed by atoms with van der Waals surface area (Å²) in [7, 11) is 4.11. The molecule has 0 aliphatic heterocycles. The van der Waals surface area contributed by atoms with Crippen LogP contribution in [-0.2, 0) is 15.7 Å². The molecule has 0 heterocycles. The van der Waals surface area contributed by atoms with Gasteiger partial charge in [0.2, 0.25) is 6.10 Å². The lowest BCUT2D eigenvalue weighted by Crippen LogP contribution is -2.26. The molecule has 1 amide bonds. The van der Waals surface area contributed by atoms with Gasteiger partial charge in [0.25, 0.3) is 5.91 Å². The monoisotopic (exact) mass is 523 g/mol. The topological polar surface area (TPSA) is 83.1 Å². The smallest absolute Gasteiger partial charge is 0.416 e. The predicted molar refractivity (Wildman–Crippen MR) is 126 cm³/mol. The van der Waals surface area contributed by atoms with Crippen LogP contribution in [0, 0.1) is 0 Å². The zero-order chi connectivity index (χ0) is 26.5. The molecule has 36 heavy (non-hydrogen) atoms. The van der Waals surface area contributed by atoms with Gasteiger partial charge in [0.1, 0.15) is 11.3 Å². The maximum absolute atomic E-state index is 13.2. The van der Waals surface area contributed by atoms with Crippen LogP contribution in [0.5, 0.6) is 17.2 Å². The molecule has 3 aromatic carbocycles. The number of anilines is 1. The Morgan fingerprint density at radius 3 is 2.06 bits per heavy atom. The second-order valence-corrected chi connectivity index (χ2v) is 7.69. The minimum Gasteiger partial charge on any atom is -0.496 e. The molecule has 0 radical (unpaired) electrons. The summed E-state index contributed by atoms with van der Waals surface area (Å²) in [5, 5.41) is 2.19. The molecular weight excluding hydrogens is 503 g/mol. The van der Waals surface area contributed by atoms with E-state index in [4.69, 9.17) is 30.5 Å². The van der Waals surface area contributed by atoms with Crippen molar-refractivity contribution in [2.45, 2.75) is 12.3 Å². The predicted octanol–water partition coefficient (Wildman–Crippen LogP) is 5.92. The van der Waals surface area contributed by atoms with Crippen LogP contribution in [0.4, 0.5) is 18.9 Å². The average Bonchev–Trinajstić information content (AvgIpc) is 2.87. The van der Waals surface area contributed by atoms with E-state index in [1.807, 2.05) is 0 Å². The molecule has 0 fully saturated rings. The molecular formula is C25H21ClF3NO6. The molecule has 7 nitrogen and oxygen atoms in total. The zero-order valence-electron chi connectivity index (χ0n) is 19.3. The first-order valence-electron chi connectivity index (χ1n) is 10.3. The van der Waals surface area contributed by atoms with Crippen LogP contribution in [0.3, 0.4) is 0 Å². The highest BCUT2D eigenvalue weighted by atomic mass is 35.5. The maximum Gasteiger partial charge on any atom is 0.416 e. The van der Waals surface area contributed by atoms with Crippen molar-refractivity contribution in [3.8, 4) is 17.2 Å². The van der Waals surface area contributed by atoms with E-state index in [9.17, 15) is 22.8 Å². The van der Waals surface area contributed by atoms with Crippen LogP contribution < -0.4 is 19.5 Å². The van der Waals surface area contributed by atoms with E-state index in [1.54, 1.807) is 18.2 Å². The van der Waals surface area contributed by atoms with E-state index >= 15 is 0 Å². The summed E-state index contributed by atoms with van der Waals surface area (Å²) in [6, 6.07) is 13.2. The number of benzene rings is 3. The van der Waals surface area contributed by atoms with Crippen molar-refractivity contribution in [2.24, 2.45) is 0 Å². The van der Waals surface area contributed by atoms with Gasteiger partial charge in [-0.3, -0.25) is 4.79 Å². The third kappa shape index (κ3) is 6.01. The molecule has 3 rings (SSSR count). The zero-order valence-corrected chi connectivity index (χ0v) is 20.1. The lowest BCUT2D eigenvalue weighted by molar-refractivity contribution is -0.137. The normalized spacial score (nSPS) is 11.9. The third-order valence-corrected chi connectivity index (χ3v) is 5.37. The maximum atomic E-state index is 13.2. The van der Waals surface area contributed by atoms with E-state index in [2.05, 4.69) is 5.32 Å². The number of hydrogen-bond donors (Lipinski definition) is 1. The fourth-order valence-electron chi connectivity index (χ4n) is 3.26. The highest BCUT2D eigenvalue weighted by molar-refractivity contribution is 6.33. The van der Waals surface area contributed by atoms with Crippen molar-refractivity contribution in [2.75, 3.05) is 26.6 Å². The molecule has 190 valence electrons. The molecule has 0 aliphatic rings. The molecule has 3 aromatic rings. The number of ether oxygens (including phenoxy) is 4. The number of hydrogen-bond acceptors (Lipinski definition) is 6. The molecule has 1 N–H and O–H groups in total. The molecule has 0 aromatic heterocycles. The van der Waals surface area contributed by atoms with Gasteiger partial charge < -0.3 is 24.3 Å². The van der Waals surface area contributed by atoms with Crippen molar-refractivity contribution >= 4 is 29.2 Å². The Morgan fingerprint density at radius 2 is 1.47 bits per heavy atom. The quantitative estimate of drug-likeness (QED) is 0.369. The van der Waals surface area contributed by atoms with Crippen LogP contribution >= 0.6 is 11.6 Å². The molecule has 0 unspecified atom stereocenters. The second-order valence-electron chi connectivity index (χ2n) is 7.29. The first-order chi connectivity index (χ1) is 17.1. The summed E-state index contributed by atoms with van der Waals surface area (Å²) >= 11 is 6.01. The van der Waals surface area contributed by atoms with Crippen molar-refractivity contribution in [3.63, 3.8) is 0 Å². The Morgan fingerprint density at radius 1 is 0.861 bits per heavy atom. The number of alkyl halides is 3. The lowest BCUT2D eigenvalue weighted by atomic mass is 10.1. The molecule has 1 atom stereocenters. The lowest BCUT2D eigenvalue weighted by Gasteiger charge is -2.20. The number of rotatable bonds is 8. The Balaban J connectivity index is 1.97. The number of nitrogens with one attached hydrogen (secondary N) is 1. The van der Waals surface area contributed by atoms with Gasteiger partial charge in [-0.05, 0) is 18.2 Å². The summed E-state index contributed by atoms with van der Waals surface area (Å²) in [6.45, 7) is 0. The molecule has 0 spiro atoms. The van der Waals surface area contributed by atoms with Crippen LogP contribution in [0.2, 0.25) is 5.02 Å². The van der Waals surface area contributed by atoms with E-state index < -0.39 is 29.7 Å². The largest absolute Gasteiger partial charge is 0.496 e. The Kier molecular flexibility index (Phi) is 8.31. The van der Waals surface area contributed by atoms with Crippen molar-refractivity contribution in [3.05, 3.63) is 82.4 Å². The Bertz CT molecular complexity index is 1250. The number of halogens is 4. The Labute approximate surface area is 209 Å². The fraction of sp³-hybridized carbons (Fsp3) is 0.200. The van der Waals surface area contributed by atoms with Gasteiger partial charge in [0.05, 0.1) is 37.6 Å².